The Morgan fingerprint density at radius 3 is 2.29 bits per heavy atom. The van der Waals surface area contributed by atoms with E-state index >= 15 is 0 Å². The van der Waals surface area contributed by atoms with Gasteiger partial charge in [-0.3, -0.25) is 4.55 Å². The van der Waals surface area contributed by atoms with Crippen LogP contribution in [0.2, 0.25) is 0 Å². The minimum atomic E-state index is -4.39. The zero-order chi connectivity index (χ0) is 16.4. The van der Waals surface area contributed by atoms with Gasteiger partial charge in [0.25, 0.3) is 10.1 Å². The van der Waals surface area contributed by atoms with Gasteiger partial charge in [-0.25, -0.2) is 0 Å². The van der Waals surface area contributed by atoms with Crippen LogP contribution in [-0.4, -0.2) is 13.0 Å². The van der Waals surface area contributed by atoms with Gasteiger partial charge in [0.15, 0.2) is 0 Å². The third-order valence-electron chi connectivity index (χ3n) is 3.20. The molecular formula is C16H11N2NaO4S. The number of hydrogen-bond donors (Lipinski definition) is 1. The largest absolute Gasteiger partial charge is 1.00 e. The molecule has 0 radical (unpaired) electrons. The Morgan fingerprint density at radius 2 is 1.62 bits per heavy atom. The molecule has 0 heterocycles. The zero-order valence-corrected chi connectivity index (χ0v) is 15.6. The van der Waals surface area contributed by atoms with Crippen molar-refractivity contribution < 1.29 is 47.6 Å². The second kappa shape index (κ2) is 7.42. The zero-order valence-electron chi connectivity index (χ0n) is 12.7. The third kappa shape index (κ3) is 4.19. The molecule has 0 saturated heterocycles. The van der Waals surface area contributed by atoms with E-state index in [0.29, 0.717) is 16.5 Å². The topological polar surface area (TPSA) is 102 Å². The number of benzene rings is 3. The van der Waals surface area contributed by atoms with Crippen molar-refractivity contribution in [1.29, 1.82) is 0 Å². The Hall–Kier alpha value is -1.77. The predicted molar refractivity (Wildman–Crippen MR) is 83.8 cm³/mol. The Bertz CT molecular complexity index is 1010. The minimum Gasteiger partial charge on any atom is -0.872 e. The molecule has 0 aliphatic heterocycles. The molecule has 0 aliphatic rings. The first kappa shape index (κ1) is 18.6. The van der Waals surface area contributed by atoms with Crippen molar-refractivity contribution in [3.8, 4) is 5.75 Å². The van der Waals surface area contributed by atoms with E-state index in [1.807, 2.05) is 6.07 Å². The van der Waals surface area contributed by atoms with Gasteiger partial charge >= 0.3 is 29.6 Å². The molecule has 0 atom stereocenters. The Morgan fingerprint density at radius 1 is 0.917 bits per heavy atom. The van der Waals surface area contributed by atoms with E-state index in [1.165, 1.54) is 30.3 Å². The van der Waals surface area contributed by atoms with Crippen molar-refractivity contribution in [2.75, 3.05) is 0 Å². The van der Waals surface area contributed by atoms with E-state index in [0.717, 1.165) is 0 Å². The Labute approximate surface area is 160 Å². The first-order chi connectivity index (χ1) is 10.9. The van der Waals surface area contributed by atoms with Crippen LogP contribution in [0.4, 0.5) is 11.4 Å². The van der Waals surface area contributed by atoms with Crippen molar-refractivity contribution in [3.05, 3.63) is 60.7 Å². The van der Waals surface area contributed by atoms with E-state index < -0.39 is 10.1 Å². The quantitative estimate of drug-likeness (QED) is 0.424. The maximum atomic E-state index is 11.6. The molecule has 0 amide bonds. The van der Waals surface area contributed by atoms with Crippen molar-refractivity contribution in [1.82, 2.24) is 0 Å². The molecule has 24 heavy (non-hydrogen) atoms. The fourth-order valence-corrected chi connectivity index (χ4v) is 2.66. The van der Waals surface area contributed by atoms with E-state index in [9.17, 15) is 18.1 Å². The van der Waals surface area contributed by atoms with Gasteiger partial charge in [0.2, 0.25) is 0 Å². The first-order valence-corrected chi connectivity index (χ1v) is 8.06. The van der Waals surface area contributed by atoms with E-state index in [2.05, 4.69) is 10.2 Å². The summed E-state index contributed by atoms with van der Waals surface area (Å²) in [6.45, 7) is 0. The number of nitrogens with zero attached hydrogens (tertiary/aromatic N) is 2. The van der Waals surface area contributed by atoms with Gasteiger partial charge in [0.05, 0.1) is 16.3 Å². The molecule has 0 spiro atoms. The molecule has 0 unspecified atom stereocenters. The minimum absolute atomic E-state index is 0. The van der Waals surface area contributed by atoms with Crippen LogP contribution >= 0.6 is 0 Å². The van der Waals surface area contributed by atoms with Crippen LogP contribution in [0.25, 0.3) is 10.8 Å². The van der Waals surface area contributed by atoms with Crippen LogP contribution in [0.15, 0.2) is 75.8 Å². The van der Waals surface area contributed by atoms with E-state index in [4.69, 9.17) is 0 Å². The fourth-order valence-electron chi connectivity index (χ4n) is 2.13. The molecule has 6 nitrogen and oxygen atoms in total. The summed E-state index contributed by atoms with van der Waals surface area (Å²) in [5, 5.41) is 20.5. The normalized spacial score (nSPS) is 11.5. The predicted octanol–water partition coefficient (Wildman–Crippen LogP) is 0.579. The number of fused-ring (bicyclic) bond motifs is 1. The number of hydrogen-bond acceptors (Lipinski definition) is 5. The summed E-state index contributed by atoms with van der Waals surface area (Å²) in [4.78, 5) is -0.300. The molecule has 3 rings (SSSR count). The summed E-state index contributed by atoms with van der Waals surface area (Å²) in [7, 11) is -4.39. The van der Waals surface area contributed by atoms with Gasteiger partial charge in [-0.2, -0.15) is 13.5 Å². The van der Waals surface area contributed by atoms with Crippen molar-refractivity contribution in [2.24, 2.45) is 10.2 Å². The summed E-state index contributed by atoms with van der Waals surface area (Å²) >= 11 is 0. The average molecular weight is 350 g/mol. The summed E-state index contributed by atoms with van der Waals surface area (Å²) in [5.74, 6) is -0.228. The van der Waals surface area contributed by atoms with Crippen LogP contribution in [0.3, 0.4) is 0 Å². The van der Waals surface area contributed by atoms with Gasteiger partial charge in [0, 0.05) is 5.39 Å². The Kier molecular flexibility index (Phi) is 5.74. The molecule has 0 saturated carbocycles. The summed E-state index contributed by atoms with van der Waals surface area (Å²) < 4.78 is 32.0. The number of rotatable bonds is 3. The maximum absolute atomic E-state index is 11.6. The van der Waals surface area contributed by atoms with Crippen molar-refractivity contribution in [3.63, 3.8) is 0 Å². The smallest absolute Gasteiger partial charge is 0.872 e. The van der Waals surface area contributed by atoms with Crippen molar-refractivity contribution in [2.45, 2.75) is 4.90 Å². The van der Waals surface area contributed by atoms with Crippen molar-refractivity contribution >= 4 is 32.3 Å². The monoisotopic (exact) mass is 350 g/mol. The van der Waals surface area contributed by atoms with Crippen LogP contribution in [0.1, 0.15) is 0 Å². The molecule has 0 fully saturated rings. The standard InChI is InChI=1S/C16H12N2O4S.Na/c19-13-7-6-11-8-14(23(20,21)22)10-16(15(11)9-13)18-17-12-4-2-1-3-5-12;/h1-10,19H,(H,20,21,22);/q;+1/p-1. The average Bonchev–Trinajstić information content (AvgIpc) is 2.52. The molecule has 1 N–H and O–H groups in total. The maximum Gasteiger partial charge on any atom is 1.00 e. The van der Waals surface area contributed by atoms with Gasteiger partial charge in [-0.15, -0.1) is 10.9 Å². The van der Waals surface area contributed by atoms with E-state index in [-0.39, 0.29) is 45.9 Å². The van der Waals surface area contributed by atoms with Crippen LogP contribution in [-0.2, 0) is 10.1 Å². The van der Waals surface area contributed by atoms with Crippen LogP contribution in [0.5, 0.6) is 5.75 Å². The SMILES string of the molecule is O=S(=O)(O)c1cc(N=Nc2ccccc2)c2cc([O-])ccc2c1.[Na+]. The molecule has 116 valence electrons. The van der Waals surface area contributed by atoms with Crippen LogP contribution < -0.4 is 34.7 Å². The molecule has 0 aliphatic carbocycles. The summed E-state index contributed by atoms with van der Waals surface area (Å²) in [5.41, 5.74) is 0.771. The second-order valence-electron chi connectivity index (χ2n) is 4.84. The molecule has 0 aromatic heterocycles. The van der Waals surface area contributed by atoms with Gasteiger partial charge in [-0.05, 0) is 29.7 Å². The van der Waals surface area contributed by atoms with Gasteiger partial charge in [0.1, 0.15) is 0 Å². The molecule has 3 aromatic carbocycles. The molecule has 0 bridgehead atoms. The van der Waals surface area contributed by atoms with Gasteiger partial charge < -0.3 is 5.11 Å². The molecular weight excluding hydrogens is 339 g/mol. The van der Waals surface area contributed by atoms with Crippen LogP contribution in [0, 0.1) is 0 Å². The first-order valence-electron chi connectivity index (χ1n) is 6.62. The summed E-state index contributed by atoms with van der Waals surface area (Å²) in [6, 6.07) is 15.5. The van der Waals surface area contributed by atoms with Gasteiger partial charge in [-0.1, -0.05) is 36.4 Å². The van der Waals surface area contributed by atoms with E-state index in [1.54, 1.807) is 24.3 Å². The molecule has 8 heteroatoms. The molecule has 3 aromatic rings. The fraction of sp³-hybridized carbons (Fsp3) is 0. The third-order valence-corrected chi connectivity index (χ3v) is 4.04. The Balaban J connectivity index is 0.00000208. The number of azo groups is 1. The summed E-state index contributed by atoms with van der Waals surface area (Å²) in [6.07, 6.45) is 0. The second-order valence-corrected chi connectivity index (χ2v) is 6.26.